The minimum atomic E-state index is -0.421. The highest BCUT2D eigenvalue weighted by Crippen LogP contribution is 2.22. The van der Waals surface area contributed by atoms with E-state index in [4.69, 9.17) is 14.5 Å². The van der Waals surface area contributed by atoms with Gasteiger partial charge in [0, 0.05) is 31.4 Å². The third-order valence-electron chi connectivity index (χ3n) is 5.36. The molecule has 2 aromatic carbocycles. The van der Waals surface area contributed by atoms with Crippen LogP contribution in [0.1, 0.15) is 34.8 Å². The summed E-state index contributed by atoms with van der Waals surface area (Å²) in [4.78, 5) is 19.1. The molecule has 1 saturated heterocycles. The van der Waals surface area contributed by atoms with Gasteiger partial charge in [0.25, 0.3) is 0 Å². The van der Waals surface area contributed by atoms with Gasteiger partial charge in [0.15, 0.2) is 5.96 Å². The van der Waals surface area contributed by atoms with Crippen molar-refractivity contribution in [2.45, 2.75) is 32.9 Å². The van der Waals surface area contributed by atoms with E-state index in [0.29, 0.717) is 23.9 Å². The normalized spacial score (nSPS) is 15.7. The predicted molar refractivity (Wildman–Crippen MR) is 139 cm³/mol. The van der Waals surface area contributed by atoms with Crippen LogP contribution in [0.3, 0.4) is 0 Å². The van der Waals surface area contributed by atoms with E-state index < -0.39 is 5.97 Å². The van der Waals surface area contributed by atoms with Gasteiger partial charge in [-0.1, -0.05) is 23.8 Å². The van der Waals surface area contributed by atoms with Gasteiger partial charge in [0.05, 0.1) is 20.8 Å². The Balaban J connectivity index is 0.00000363. The number of nitrogens with one attached hydrogen (secondary N) is 2. The number of anilines is 1. The molecule has 7 nitrogen and oxygen atoms in total. The lowest BCUT2D eigenvalue weighted by atomic mass is 10.1. The lowest BCUT2D eigenvalue weighted by Gasteiger charge is -2.20. The van der Waals surface area contributed by atoms with Gasteiger partial charge in [-0.15, -0.1) is 24.0 Å². The van der Waals surface area contributed by atoms with Gasteiger partial charge in [-0.25, -0.2) is 9.79 Å². The zero-order chi connectivity index (χ0) is 22.2. The molecule has 0 amide bonds. The van der Waals surface area contributed by atoms with Crippen molar-refractivity contribution in [1.29, 1.82) is 0 Å². The molecule has 1 heterocycles. The summed E-state index contributed by atoms with van der Waals surface area (Å²) in [5.74, 6) is 0.843. The second-order valence-corrected chi connectivity index (χ2v) is 7.63. The number of carbonyl (C=O) groups is 1. The van der Waals surface area contributed by atoms with Crippen molar-refractivity contribution >= 4 is 41.6 Å². The van der Waals surface area contributed by atoms with Crippen LogP contribution in [-0.4, -0.2) is 51.8 Å². The first-order valence-corrected chi connectivity index (χ1v) is 10.7. The van der Waals surface area contributed by atoms with Crippen molar-refractivity contribution in [1.82, 2.24) is 10.6 Å². The maximum Gasteiger partial charge on any atom is 0.341 e. The molecule has 0 radical (unpaired) electrons. The van der Waals surface area contributed by atoms with Crippen LogP contribution in [-0.2, 0) is 11.3 Å². The molecule has 1 aliphatic rings. The summed E-state index contributed by atoms with van der Waals surface area (Å²) in [5, 5.41) is 6.87. The molecule has 1 aliphatic heterocycles. The van der Waals surface area contributed by atoms with Crippen LogP contribution in [0, 0.1) is 6.92 Å². The molecule has 0 spiro atoms. The SMILES string of the molecule is CCNC(=NCc1ccc(OC)c(C(=O)OC)c1)NC1CCN(c2ccc(C)cc2)C1.I. The Kier molecular flexibility index (Phi) is 10.1. The quantitative estimate of drug-likeness (QED) is 0.236. The van der Waals surface area contributed by atoms with Gasteiger partial charge >= 0.3 is 5.97 Å². The molecule has 2 N–H and O–H groups in total. The molecular weight excluding hydrogens is 519 g/mol. The Bertz CT molecular complexity index is 918. The minimum absolute atomic E-state index is 0. The van der Waals surface area contributed by atoms with Crippen molar-refractivity contribution in [2.24, 2.45) is 4.99 Å². The molecule has 0 saturated carbocycles. The Labute approximate surface area is 207 Å². The highest BCUT2D eigenvalue weighted by atomic mass is 127. The average Bonchev–Trinajstić information content (AvgIpc) is 3.25. The number of methoxy groups -OCH3 is 2. The zero-order valence-electron chi connectivity index (χ0n) is 19.2. The standard InChI is InChI=1S/C24H32N4O3.HI/c1-5-25-24(26-15-18-8-11-22(30-3)21(14-18)23(29)31-4)27-19-12-13-28(16-19)20-9-6-17(2)7-10-20;/h6-11,14,19H,5,12-13,15-16H2,1-4H3,(H2,25,26,27);1H. The van der Waals surface area contributed by atoms with Gasteiger partial charge in [-0.2, -0.15) is 0 Å². The second kappa shape index (κ2) is 12.5. The van der Waals surface area contributed by atoms with E-state index in [9.17, 15) is 4.79 Å². The number of nitrogens with zero attached hydrogens (tertiary/aromatic N) is 2. The van der Waals surface area contributed by atoms with Gasteiger partial charge < -0.3 is 25.0 Å². The van der Waals surface area contributed by atoms with E-state index in [-0.39, 0.29) is 24.0 Å². The number of ether oxygens (including phenoxy) is 2. The van der Waals surface area contributed by atoms with Gasteiger partial charge in [-0.3, -0.25) is 0 Å². The second-order valence-electron chi connectivity index (χ2n) is 7.63. The van der Waals surface area contributed by atoms with Crippen molar-refractivity contribution in [3.63, 3.8) is 0 Å². The van der Waals surface area contributed by atoms with Crippen LogP contribution in [0.15, 0.2) is 47.5 Å². The summed E-state index contributed by atoms with van der Waals surface area (Å²) < 4.78 is 10.1. The molecule has 32 heavy (non-hydrogen) atoms. The van der Waals surface area contributed by atoms with Crippen molar-refractivity contribution in [3.05, 3.63) is 59.2 Å². The zero-order valence-corrected chi connectivity index (χ0v) is 21.5. The van der Waals surface area contributed by atoms with E-state index >= 15 is 0 Å². The monoisotopic (exact) mass is 552 g/mol. The Hall–Kier alpha value is -2.49. The van der Waals surface area contributed by atoms with Gasteiger partial charge in [-0.05, 0) is 50.1 Å². The topological polar surface area (TPSA) is 75.2 Å². The van der Waals surface area contributed by atoms with Gasteiger partial charge in [0.1, 0.15) is 11.3 Å². The first-order chi connectivity index (χ1) is 15.0. The molecule has 0 aromatic heterocycles. The lowest BCUT2D eigenvalue weighted by molar-refractivity contribution is 0.0597. The fourth-order valence-electron chi connectivity index (χ4n) is 3.67. The van der Waals surface area contributed by atoms with Crippen LogP contribution < -0.4 is 20.3 Å². The summed E-state index contributed by atoms with van der Waals surface area (Å²) in [5.41, 5.74) is 3.84. The summed E-state index contributed by atoms with van der Waals surface area (Å²) in [7, 11) is 2.90. The number of hydrogen-bond acceptors (Lipinski definition) is 5. The molecular formula is C24H33IN4O3. The Morgan fingerprint density at radius 2 is 1.94 bits per heavy atom. The van der Waals surface area contributed by atoms with Crippen molar-refractivity contribution in [2.75, 3.05) is 38.8 Å². The maximum absolute atomic E-state index is 12.0. The summed E-state index contributed by atoms with van der Waals surface area (Å²) >= 11 is 0. The number of aliphatic imine (C=N–C) groups is 1. The minimum Gasteiger partial charge on any atom is -0.496 e. The molecule has 1 fully saturated rings. The average molecular weight is 552 g/mol. The number of rotatable bonds is 7. The van der Waals surface area contributed by atoms with Crippen molar-refractivity contribution < 1.29 is 14.3 Å². The van der Waals surface area contributed by atoms with E-state index in [1.165, 1.54) is 25.5 Å². The molecule has 174 valence electrons. The maximum atomic E-state index is 12.0. The van der Waals surface area contributed by atoms with Crippen LogP contribution >= 0.6 is 24.0 Å². The third-order valence-corrected chi connectivity index (χ3v) is 5.36. The van der Waals surface area contributed by atoms with E-state index in [1.54, 1.807) is 12.1 Å². The number of carbonyl (C=O) groups excluding carboxylic acids is 1. The smallest absolute Gasteiger partial charge is 0.341 e. The molecule has 0 bridgehead atoms. The predicted octanol–water partition coefficient (Wildman–Crippen LogP) is 3.74. The highest BCUT2D eigenvalue weighted by Gasteiger charge is 2.23. The van der Waals surface area contributed by atoms with Crippen LogP contribution in [0.4, 0.5) is 5.69 Å². The lowest BCUT2D eigenvalue weighted by Crippen LogP contribution is -2.44. The molecule has 0 aliphatic carbocycles. The van der Waals surface area contributed by atoms with Crippen LogP contribution in [0.5, 0.6) is 5.75 Å². The summed E-state index contributed by atoms with van der Waals surface area (Å²) in [6.45, 7) is 7.32. The number of aryl methyl sites for hydroxylation is 1. The van der Waals surface area contributed by atoms with Crippen LogP contribution in [0.25, 0.3) is 0 Å². The molecule has 8 heteroatoms. The third kappa shape index (κ3) is 6.75. The number of esters is 1. The van der Waals surface area contributed by atoms with Crippen LogP contribution in [0.2, 0.25) is 0 Å². The number of guanidine groups is 1. The highest BCUT2D eigenvalue weighted by molar-refractivity contribution is 14.0. The Morgan fingerprint density at radius 3 is 2.59 bits per heavy atom. The fourth-order valence-corrected chi connectivity index (χ4v) is 3.67. The summed E-state index contributed by atoms with van der Waals surface area (Å²) in [6.07, 6.45) is 1.05. The van der Waals surface area contributed by atoms with Gasteiger partial charge in [0.2, 0.25) is 0 Å². The van der Waals surface area contributed by atoms with E-state index in [2.05, 4.69) is 46.7 Å². The largest absolute Gasteiger partial charge is 0.496 e. The fraction of sp³-hybridized carbons (Fsp3) is 0.417. The Morgan fingerprint density at radius 1 is 1.19 bits per heavy atom. The van der Waals surface area contributed by atoms with Crippen molar-refractivity contribution in [3.8, 4) is 5.75 Å². The van der Waals surface area contributed by atoms with E-state index in [0.717, 1.165) is 37.6 Å². The molecule has 2 aromatic rings. The molecule has 3 rings (SSSR count). The number of benzene rings is 2. The van der Waals surface area contributed by atoms with E-state index in [1.807, 2.05) is 13.0 Å². The first kappa shape index (κ1) is 25.8. The summed E-state index contributed by atoms with van der Waals surface area (Å²) in [6, 6.07) is 14.4. The number of hydrogen-bond donors (Lipinski definition) is 2. The molecule has 1 unspecified atom stereocenters. The number of halogens is 1. The first-order valence-electron chi connectivity index (χ1n) is 10.7. The molecule has 1 atom stereocenters.